The maximum absolute atomic E-state index is 12.1. The summed E-state index contributed by atoms with van der Waals surface area (Å²) < 4.78 is 0. The maximum atomic E-state index is 12.1. The fraction of sp³-hybridized carbons (Fsp3) is 0.263. The molecule has 0 aromatic heterocycles. The molecule has 0 saturated carbocycles. The number of carbonyl (C=O) groups excluding carboxylic acids is 2. The lowest BCUT2D eigenvalue weighted by Gasteiger charge is -2.19. The van der Waals surface area contributed by atoms with Gasteiger partial charge in [0.15, 0.2) is 0 Å². The molecule has 0 aliphatic heterocycles. The SMILES string of the molecule is CC(C)(C)c1ccc(C(=O)NNC(=O)Cc2ccc(Cl)cc2)cc1. The number of halogens is 1. The number of hydrazine groups is 1. The fourth-order valence-electron chi connectivity index (χ4n) is 2.15. The van der Waals surface area contributed by atoms with E-state index in [0.29, 0.717) is 10.6 Å². The van der Waals surface area contributed by atoms with E-state index in [9.17, 15) is 9.59 Å². The molecule has 2 aromatic carbocycles. The zero-order chi connectivity index (χ0) is 17.7. The highest BCUT2D eigenvalue weighted by atomic mass is 35.5. The molecule has 2 aromatic rings. The Bertz CT molecular complexity index is 717. The lowest BCUT2D eigenvalue weighted by Crippen LogP contribution is -2.42. The molecular formula is C19H21ClN2O2. The molecular weight excluding hydrogens is 324 g/mol. The molecule has 0 aliphatic rings. The van der Waals surface area contributed by atoms with E-state index in [4.69, 9.17) is 11.6 Å². The molecule has 0 fully saturated rings. The number of nitrogens with one attached hydrogen (secondary N) is 2. The molecule has 5 heteroatoms. The Morgan fingerprint density at radius 2 is 1.50 bits per heavy atom. The largest absolute Gasteiger partial charge is 0.273 e. The number of amides is 2. The van der Waals surface area contributed by atoms with Gasteiger partial charge < -0.3 is 0 Å². The molecule has 0 saturated heterocycles. The number of hydrogen-bond acceptors (Lipinski definition) is 2. The van der Waals surface area contributed by atoms with Crippen LogP contribution < -0.4 is 10.9 Å². The molecule has 4 nitrogen and oxygen atoms in total. The van der Waals surface area contributed by atoms with Gasteiger partial charge in [0, 0.05) is 10.6 Å². The molecule has 24 heavy (non-hydrogen) atoms. The minimum Gasteiger partial charge on any atom is -0.273 e. The van der Waals surface area contributed by atoms with Gasteiger partial charge in [0.1, 0.15) is 0 Å². The van der Waals surface area contributed by atoms with Crippen LogP contribution >= 0.6 is 11.6 Å². The van der Waals surface area contributed by atoms with Crippen molar-refractivity contribution in [2.45, 2.75) is 32.6 Å². The van der Waals surface area contributed by atoms with Crippen LogP contribution in [0.1, 0.15) is 42.3 Å². The van der Waals surface area contributed by atoms with Crippen molar-refractivity contribution < 1.29 is 9.59 Å². The average molecular weight is 345 g/mol. The Hall–Kier alpha value is -2.33. The van der Waals surface area contributed by atoms with Crippen LogP contribution in [0.4, 0.5) is 0 Å². The van der Waals surface area contributed by atoms with Crippen LogP contribution in [0.3, 0.4) is 0 Å². The zero-order valence-electron chi connectivity index (χ0n) is 14.0. The Labute approximate surface area is 147 Å². The summed E-state index contributed by atoms with van der Waals surface area (Å²) in [5.74, 6) is -0.642. The highest BCUT2D eigenvalue weighted by molar-refractivity contribution is 6.30. The van der Waals surface area contributed by atoms with Gasteiger partial charge in [0.2, 0.25) is 5.91 Å². The molecule has 0 unspecified atom stereocenters. The molecule has 0 bridgehead atoms. The molecule has 2 amide bonds. The van der Waals surface area contributed by atoms with Crippen molar-refractivity contribution in [1.82, 2.24) is 10.9 Å². The van der Waals surface area contributed by atoms with Gasteiger partial charge in [0.25, 0.3) is 5.91 Å². The van der Waals surface area contributed by atoms with Crippen molar-refractivity contribution in [3.8, 4) is 0 Å². The van der Waals surface area contributed by atoms with E-state index < -0.39 is 0 Å². The topological polar surface area (TPSA) is 58.2 Å². The molecule has 0 aliphatic carbocycles. The zero-order valence-corrected chi connectivity index (χ0v) is 14.8. The van der Waals surface area contributed by atoms with Crippen molar-refractivity contribution in [1.29, 1.82) is 0 Å². The summed E-state index contributed by atoms with van der Waals surface area (Å²) in [6, 6.07) is 14.3. The summed E-state index contributed by atoms with van der Waals surface area (Å²) in [5.41, 5.74) is 7.33. The Morgan fingerprint density at radius 1 is 0.917 bits per heavy atom. The third-order valence-electron chi connectivity index (χ3n) is 3.61. The predicted molar refractivity (Wildman–Crippen MR) is 95.9 cm³/mol. The van der Waals surface area contributed by atoms with Crippen molar-refractivity contribution >= 4 is 23.4 Å². The highest BCUT2D eigenvalue weighted by Gasteiger charge is 2.14. The second kappa shape index (κ2) is 7.49. The van der Waals surface area contributed by atoms with E-state index in [2.05, 4.69) is 31.6 Å². The number of benzene rings is 2. The maximum Gasteiger partial charge on any atom is 0.269 e. The Balaban J connectivity index is 1.88. The Kier molecular flexibility index (Phi) is 5.62. The van der Waals surface area contributed by atoms with Crippen LogP contribution in [0, 0.1) is 0 Å². The Morgan fingerprint density at radius 3 is 2.04 bits per heavy atom. The first-order chi connectivity index (χ1) is 11.3. The van der Waals surface area contributed by atoms with Gasteiger partial charge in [-0.05, 0) is 40.8 Å². The van der Waals surface area contributed by atoms with Crippen LogP contribution in [-0.4, -0.2) is 11.8 Å². The van der Waals surface area contributed by atoms with Crippen molar-refractivity contribution in [2.75, 3.05) is 0 Å². The molecule has 2 N–H and O–H groups in total. The van der Waals surface area contributed by atoms with Gasteiger partial charge in [0.05, 0.1) is 6.42 Å². The van der Waals surface area contributed by atoms with Crippen LogP contribution in [0.25, 0.3) is 0 Å². The van der Waals surface area contributed by atoms with E-state index >= 15 is 0 Å². The van der Waals surface area contributed by atoms with Crippen LogP contribution in [0.5, 0.6) is 0 Å². The molecule has 0 spiro atoms. The number of rotatable bonds is 3. The van der Waals surface area contributed by atoms with Crippen molar-refractivity contribution in [3.05, 3.63) is 70.2 Å². The first kappa shape index (κ1) is 18.0. The third-order valence-corrected chi connectivity index (χ3v) is 3.86. The molecule has 2 rings (SSSR count). The van der Waals surface area contributed by atoms with E-state index in [-0.39, 0.29) is 23.7 Å². The second-order valence-electron chi connectivity index (χ2n) is 6.63. The van der Waals surface area contributed by atoms with E-state index in [1.165, 1.54) is 0 Å². The normalized spacial score (nSPS) is 11.0. The first-order valence-electron chi connectivity index (χ1n) is 7.70. The van der Waals surface area contributed by atoms with Crippen LogP contribution in [0.15, 0.2) is 48.5 Å². The summed E-state index contributed by atoms with van der Waals surface area (Å²) in [4.78, 5) is 23.9. The summed E-state index contributed by atoms with van der Waals surface area (Å²) in [7, 11) is 0. The monoisotopic (exact) mass is 344 g/mol. The quantitative estimate of drug-likeness (QED) is 0.835. The van der Waals surface area contributed by atoms with Gasteiger partial charge in [-0.1, -0.05) is 56.6 Å². The standard InChI is InChI=1S/C19H21ClN2O2/c1-19(2,3)15-8-6-14(7-9-15)18(24)22-21-17(23)12-13-4-10-16(20)11-5-13/h4-11H,12H2,1-3H3,(H,21,23)(H,22,24). The third kappa shape index (κ3) is 5.10. The van der Waals surface area contributed by atoms with Gasteiger partial charge in [-0.15, -0.1) is 0 Å². The fourth-order valence-corrected chi connectivity index (χ4v) is 2.28. The van der Waals surface area contributed by atoms with Gasteiger partial charge in [-0.3, -0.25) is 20.4 Å². The lowest BCUT2D eigenvalue weighted by atomic mass is 9.87. The van der Waals surface area contributed by atoms with Gasteiger partial charge >= 0.3 is 0 Å². The smallest absolute Gasteiger partial charge is 0.269 e. The van der Waals surface area contributed by atoms with Gasteiger partial charge in [-0.2, -0.15) is 0 Å². The average Bonchev–Trinajstić information content (AvgIpc) is 2.54. The number of carbonyl (C=O) groups is 2. The van der Waals surface area contributed by atoms with E-state index in [1.54, 1.807) is 36.4 Å². The number of hydrogen-bond donors (Lipinski definition) is 2. The molecule has 0 atom stereocenters. The minimum absolute atomic E-state index is 0.0296. The molecule has 0 heterocycles. The second-order valence-corrected chi connectivity index (χ2v) is 7.07. The minimum atomic E-state index is -0.347. The summed E-state index contributed by atoms with van der Waals surface area (Å²) >= 11 is 5.80. The summed E-state index contributed by atoms with van der Waals surface area (Å²) in [6.45, 7) is 6.33. The van der Waals surface area contributed by atoms with Crippen LogP contribution in [-0.2, 0) is 16.6 Å². The summed E-state index contributed by atoms with van der Waals surface area (Å²) in [5, 5.41) is 0.617. The lowest BCUT2D eigenvalue weighted by molar-refractivity contribution is -0.121. The van der Waals surface area contributed by atoms with Crippen molar-refractivity contribution in [2.24, 2.45) is 0 Å². The van der Waals surface area contributed by atoms with Gasteiger partial charge in [-0.25, -0.2) is 0 Å². The first-order valence-corrected chi connectivity index (χ1v) is 8.08. The molecule has 0 radical (unpaired) electrons. The van der Waals surface area contributed by atoms with E-state index in [0.717, 1.165) is 11.1 Å². The molecule has 126 valence electrons. The predicted octanol–water partition coefficient (Wildman–Crippen LogP) is 3.64. The van der Waals surface area contributed by atoms with Crippen LogP contribution in [0.2, 0.25) is 5.02 Å². The highest BCUT2D eigenvalue weighted by Crippen LogP contribution is 2.22. The summed E-state index contributed by atoms with van der Waals surface area (Å²) in [6.07, 6.45) is 0.167. The van der Waals surface area contributed by atoms with E-state index in [1.807, 2.05) is 12.1 Å². The van der Waals surface area contributed by atoms with Crippen molar-refractivity contribution in [3.63, 3.8) is 0 Å².